The molecule has 0 bridgehead atoms. The second kappa shape index (κ2) is 14.2. The third-order valence-electron chi connectivity index (χ3n) is 4.93. The molecule has 0 heterocycles. The largest absolute Gasteiger partial charge is 0.511 e. The molecule has 38 heavy (non-hydrogen) atoms. The minimum absolute atomic E-state index is 0.00784. The molecule has 200 valence electrons. The average molecular weight is 536 g/mol. The van der Waals surface area contributed by atoms with Gasteiger partial charge < -0.3 is 19.9 Å². The Morgan fingerprint density at radius 2 is 1.53 bits per heavy atom. The monoisotopic (exact) mass is 536 g/mol. The van der Waals surface area contributed by atoms with Crippen molar-refractivity contribution >= 4 is 17.6 Å². The van der Waals surface area contributed by atoms with Crippen LogP contribution in [-0.2, 0) is 9.59 Å². The topological polar surface area (TPSA) is 109 Å². The zero-order chi connectivity index (χ0) is 28.2. The maximum Gasteiger partial charge on any atom is 0.311 e. The van der Waals surface area contributed by atoms with Crippen LogP contribution in [0.5, 0.6) is 11.5 Å². The van der Waals surface area contributed by atoms with Crippen LogP contribution in [0, 0.1) is 52.8 Å². The fourth-order valence-corrected chi connectivity index (χ4v) is 2.97. The van der Waals surface area contributed by atoms with Crippen molar-refractivity contribution in [3.63, 3.8) is 0 Å². The van der Waals surface area contributed by atoms with Crippen molar-refractivity contribution in [1.82, 2.24) is 0 Å². The number of nitrogens with zero attached hydrogens (tertiary/aromatic N) is 1. The van der Waals surface area contributed by atoms with E-state index in [4.69, 9.17) is 16.4 Å². The summed E-state index contributed by atoms with van der Waals surface area (Å²) in [6, 6.07) is 7.75. The van der Waals surface area contributed by atoms with E-state index in [-0.39, 0.29) is 32.3 Å². The van der Waals surface area contributed by atoms with Crippen LogP contribution in [0.15, 0.2) is 35.6 Å². The van der Waals surface area contributed by atoms with Gasteiger partial charge in [0.25, 0.3) is 5.91 Å². The van der Waals surface area contributed by atoms with Crippen LogP contribution in [0.3, 0.4) is 0 Å². The molecule has 2 rings (SSSR count). The molecular formula is C26H21F5N2O5. The number of halogens is 5. The summed E-state index contributed by atoms with van der Waals surface area (Å²) in [6.07, 6.45) is 6.01. The van der Waals surface area contributed by atoms with E-state index >= 15 is 0 Å². The van der Waals surface area contributed by atoms with Gasteiger partial charge in [0.05, 0.1) is 6.61 Å². The van der Waals surface area contributed by atoms with Crippen molar-refractivity contribution in [3.8, 4) is 29.9 Å². The van der Waals surface area contributed by atoms with Crippen LogP contribution in [0.25, 0.3) is 0 Å². The Morgan fingerprint density at radius 3 is 2.11 bits per heavy atom. The molecule has 0 saturated heterocycles. The van der Waals surface area contributed by atoms with E-state index < -0.39 is 58.0 Å². The van der Waals surface area contributed by atoms with Gasteiger partial charge in [-0.15, -0.1) is 12.3 Å². The summed E-state index contributed by atoms with van der Waals surface area (Å²) < 4.78 is 76.3. The number of amides is 1. The van der Waals surface area contributed by atoms with Crippen LogP contribution >= 0.6 is 0 Å². The number of carbonyl (C=O) groups is 2. The van der Waals surface area contributed by atoms with Gasteiger partial charge in [-0.05, 0) is 43.5 Å². The fraction of sp³-hybridized carbons (Fsp3) is 0.269. The molecule has 2 aromatic rings. The van der Waals surface area contributed by atoms with Crippen molar-refractivity contribution in [1.29, 1.82) is 5.26 Å². The normalized spacial score (nSPS) is 11.1. The van der Waals surface area contributed by atoms with Gasteiger partial charge in [-0.3, -0.25) is 9.59 Å². The van der Waals surface area contributed by atoms with Crippen LogP contribution in [0.1, 0.15) is 38.5 Å². The Kier molecular flexibility index (Phi) is 11.1. The van der Waals surface area contributed by atoms with E-state index in [9.17, 15) is 36.6 Å². The molecule has 7 nitrogen and oxygen atoms in total. The lowest BCUT2D eigenvalue weighted by Gasteiger charge is -2.09. The van der Waals surface area contributed by atoms with Gasteiger partial charge in [-0.2, -0.15) is 14.0 Å². The number of esters is 1. The minimum atomic E-state index is -2.35. The fourth-order valence-electron chi connectivity index (χ4n) is 2.97. The number of carbonyl (C=O) groups excluding carboxylic acids is 2. The molecule has 2 aromatic carbocycles. The number of rotatable bonds is 12. The zero-order valence-electron chi connectivity index (χ0n) is 19.8. The minimum Gasteiger partial charge on any atom is -0.511 e. The molecule has 0 aromatic heterocycles. The van der Waals surface area contributed by atoms with Gasteiger partial charge in [0.15, 0.2) is 5.57 Å². The highest BCUT2D eigenvalue weighted by Crippen LogP contribution is 2.29. The Hall–Kier alpha value is -4.58. The average Bonchev–Trinajstić information content (AvgIpc) is 2.90. The number of aliphatic hydroxyl groups is 1. The van der Waals surface area contributed by atoms with Crippen molar-refractivity contribution in [2.75, 3.05) is 11.9 Å². The highest BCUT2D eigenvalue weighted by atomic mass is 19.2. The van der Waals surface area contributed by atoms with E-state index in [1.807, 2.05) is 0 Å². The van der Waals surface area contributed by atoms with E-state index in [2.05, 4.69) is 16.0 Å². The van der Waals surface area contributed by atoms with Gasteiger partial charge in [-0.1, -0.05) is 0 Å². The maximum absolute atomic E-state index is 13.6. The maximum atomic E-state index is 13.6. The highest BCUT2D eigenvalue weighted by molar-refractivity contribution is 6.06. The van der Waals surface area contributed by atoms with Gasteiger partial charge >= 0.3 is 5.97 Å². The second-order valence-electron chi connectivity index (χ2n) is 7.65. The molecule has 0 fully saturated rings. The standard InChI is InChI=1S/C26H21F5N2O5/c1-2-3-7-18(34)17(14-32)26(36)33-15-9-11-16(12-10-15)37-13-6-4-5-8-19(35)38-25-23(30)21(28)20(27)22(29)24(25)31/h1,9-12,34H,3-8,13H2,(H,33,36)/b18-17-. The number of anilines is 1. The van der Waals surface area contributed by atoms with Crippen LogP contribution < -0.4 is 14.8 Å². The van der Waals surface area contributed by atoms with Gasteiger partial charge in [-0.25, -0.2) is 13.2 Å². The number of nitrogens with one attached hydrogen (secondary N) is 1. The molecule has 0 unspecified atom stereocenters. The smallest absolute Gasteiger partial charge is 0.311 e. The molecule has 0 saturated carbocycles. The number of aliphatic hydroxyl groups excluding tert-OH is 1. The number of terminal acetylenes is 1. The first-order valence-electron chi connectivity index (χ1n) is 11.1. The van der Waals surface area contributed by atoms with Gasteiger partial charge in [0.2, 0.25) is 34.8 Å². The first-order chi connectivity index (χ1) is 18.1. The van der Waals surface area contributed by atoms with Crippen molar-refractivity contribution in [2.45, 2.75) is 38.5 Å². The predicted molar refractivity (Wildman–Crippen MR) is 124 cm³/mol. The molecule has 1 amide bonds. The second-order valence-corrected chi connectivity index (χ2v) is 7.65. The predicted octanol–water partition coefficient (Wildman–Crippen LogP) is 5.61. The molecular weight excluding hydrogens is 515 g/mol. The number of ether oxygens (including phenoxy) is 2. The first-order valence-corrected chi connectivity index (χ1v) is 11.1. The molecule has 0 radical (unpaired) electrons. The number of hydrogen-bond donors (Lipinski definition) is 2. The SMILES string of the molecule is C#CCC/C(O)=C(\C#N)C(=O)Nc1ccc(OCCCCCC(=O)Oc2c(F)c(F)c(F)c(F)c2F)cc1. The summed E-state index contributed by atoms with van der Waals surface area (Å²) in [4.78, 5) is 23.9. The van der Waals surface area contributed by atoms with Crippen LogP contribution in [0.2, 0.25) is 0 Å². The quantitative estimate of drug-likeness (QED) is 0.0349. The number of unbranched alkanes of at least 4 members (excludes halogenated alkanes) is 2. The first kappa shape index (κ1) is 29.6. The lowest BCUT2D eigenvalue weighted by atomic mass is 10.1. The Balaban J connectivity index is 1.75. The van der Waals surface area contributed by atoms with Crippen molar-refractivity contribution in [3.05, 3.63) is 64.7 Å². The summed E-state index contributed by atoms with van der Waals surface area (Å²) in [5.41, 5.74) is -0.108. The molecule has 0 spiro atoms. The lowest BCUT2D eigenvalue weighted by molar-refractivity contribution is -0.135. The number of hydrogen-bond acceptors (Lipinski definition) is 6. The van der Waals surface area contributed by atoms with Crippen molar-refractivity contribution in [2.24, 2.45) is 0 Å². The van der Waals surface area contributed by atoms with Crippen LogP contribution in [-0.4, -0.2) is 23.6 Å². The van der Waals surface area contributed by atoms with Crippen LogP contribution in [0.4, 0.5) is 27.6 Å². The highest BCUT2D eigenvalue weighted by Gasteiger charge is 2.28. The molecule has 0 aliphatic rings. The Labute approximate surface area is 214 Å². The Bertz CT molecular complexity index is 1270. The number of benzene rings is 2. The molecule has 0 aliphatic carbocycles. The Morgan fingerprint density at radius 1 is 0.921 bits per heavy atom. The summed E-state index contributed by atoms with van der Waals surface area (Å²) in [5, 5.41) is 21.4. The van der Waals surface area contributed by atoms with E-state index in [1.54, 1.807) is 18.2 Å². The van der Waals surface area contributed by atoms with Gasteiger partial charge in [0.1, 0.15) is 17.6 Å². The number of nitriles is 1. The van der Waals surface area contributed by atoms with E-state index in [0.717, 1.165) is 0 Å². The molecule has 0 aliphatic heterocycles. The van der Waals surface area contributed by atoms with Gasteiger partial charge in [0, 0.05) is 24.9 Å². The van der Waals surface area contributed by atoms with E-state index in [0.29, 0.717) is 24.3 Å². The van der Waals surface area contributed by atoms with Crippen molar-refractivity contribution < 1.29 is 46.1 Å². The zero-order valence-corrected chi connectivity index (χ0v) is 19.8. The summed E-state index contributed by atoms with van der Waals surface area (Å²) in [6.45, 7) is 0.225. The molecule has 2 N–H and O–H groups in total. The summed E-state index contributed by atoms with van der Waals surface area (Å²) in [7, 11) is 0. The number of allylic oxidation sites excluding steroid dienone is 1. The summed E-state index contributed by atoms with van der Waals surface area (Å²) in [5.74, 6) is -12.5. The lowest BCUT2D eigenvalue weighted by Crippen LogP contribution is -2.15. The molecule has 12 heteroatoms. The van der Waals surface area contributed by atoms with E-state index in [1.165, 1.54) is 12.1 Å². The third kappa shape index (κ3) is 7.96. The third-order valence-corrected chi connectivity index (χ3v) is 4.93. The molecule has 0 atom stereocenters. The summed E-state index contributed by atoms with van der Waals surface area (Å²) >= 11 is 0.